The van der Waals surface area contributed by atoms with E-state index in [-0.39, 0.29) is 0 Å². The molecule has 0 amide bonds. The van der Waals surface area contributed by atoms with Crippen molar-refractivity contribution in [2.45, 2.75) is 27.7 Å². The molecule has 3 aromatic rings. The summed E-state index contributed by atoms with van der Waals surface area (Å²) in [5, 5.41) is 0. The van der Waals surface area contributed by atoms with E-state index in [1.165, 1.54) is 33.9 Å². The molecule has 0 N–H and O–H groups in total. The zero-order chi connectivity index (χ0) is 18.8. The Morgan fingerprint density at radius 3 is 2.04 bits per heavy atom. The molecule has 3 rings (SSSR count). The number of hydrogen-bond acceptors (Lipinski definition) is 2. The van der Waals surface area contributed by atoms with Crippen LogP contribution in [-0.4, -0.2) is 24.9 Å². The van der Waals surface area contributed by atoms with Gasteiger partial charge in [0.1, 0.15) is 0 Å². The number of nitrogens with zero attached hydrogens (tertiary/aromatic N) is 3. The van der Waals surface area contributed by atoms with Gasteiger partial charge in [-0.25, -0.2) is 0 Å². The molecule has 134 valence electrons. The summed E-state index contributed by atoms with van der Waals surface area (Å²) in [6.45, 7) is 8.59. The van der Waals surface area contributed by atoms with Crippen LogP contribution in [0.2, 0.25) is 0 Å². The van der Waals surface area contributed by atoms with E-state index in [4.69, 9.17) is 0 Å². The molecule has 3 nitrogen and oxygen atoms in total. The lowest BCUT2D eigenvalue weighted by atomic mass is 10.1. The smallest absolute Gasteiger partial charge is 0.0631 e. The maximum Gasteiger partial charge on any atom is 0.0631 e. The Bertz CT molecular complexity index is 924. The molecule has 2 aromatic carbocycles. The fourth-order valence-electron chi connectivity index (χ4n) is 3.38. The van der Waals surface area contributed by atoms with E-state index in [1.54, 1.807) is 0 Å². The second-order valence-corrected chi connectivity index (χ2v) is 7.18. The normalized spacial score (nSPS) is 11.3. The first kappa shape index (κ1) is 18.0. The molecule has 0 aliphatic heterocycles. The van der Waals surface area contributed by atoms with Gasteiger partial charge in [0.2, 0.25) is 0 Å². The van der Waals surface area contributed by atoms with Crippen molar-refractivity contribution in [1.29, 1.82) is 0 Å². The average molecular weight is 345 g/mol. The molecule has 3 heteroatoms. The van der Waals surface area contributed by atoms with E-state index < -0.39 is 0 Å². The molecule has 0 radical (unpaired) electrons. The van der Waals surface area contributed by atoms with Gasteiger partial charge in [0, 0.05) is 48.6 Å². The Morgan fingerprint density at radius 1 is 0.846 bits per heavy atom. The van der Waals surface area contributed by atoms with Gasteiger partial charge in [-0.2, -0.15) is 0 Å². The van der Waals surface area contributed by atoms with Gasteiger partial charge < -0.3 is 9.47 Å². The van der Waals surface area contributed by atoms with Gasteiger partial charge in [-0.1, -0.05) is 6.07 Å². The summed E-state index contributed by atoms with van der Waals surface area (Å²) in [6.07, 6.45) is 1.96. The van der Waals surface area contributed by atoms with E-state index in [2.05, 4.69) is 90.7 Å². The third-order valence-electron chi connectivity index (χ3n) is 4.65. The highest BCUT2D eigenvalue weighted by Gasteiger charge is 2.10. The number of rotatable bonds is 4. The average Bonchev–Trinajstić information content (AvgIpc) is 2.86. The zero-order valence-electron chi connectivity index (χ0n) is 16.5. The highest BCUT2D eigenvalue weighted by atomic mass is 15.1. The first-order chi connectivity index (χ1) is 12.3. The highest BCUT2D eigenvalue weighted by Crippen LogP contribution is 2.23. The Kier molecular flexibility index (Phi) is 4.99. The molecule has 0 atom stereocenters. The van der Waals surface area contributed by atoms with Crippen molar-refractivity contribution in [3.8, 4) is 5.69 Å². The fourth-order valence-corrected chi connectivity index (χ4v) is 3.38. The molecule has 1 aromatic heterocycles. The quantitative estimate of drug-likeness (QED) is 0.570. The molecule has 0 aliphatic carbocycles. The molecular weight excluding hydrogens is 318 g/mol. The molecule has 0 aliphatic rings. The Hall–Kier alpha value is -2.81. The first-order valence-corrected chi connectivity index (χ1v) is 8.94. The van der Waals surface area contributed by atoms with Crippen molar-refractivity contribution < 1.29 is 0 Å². The summed E-state index contributed by atoms with van der Waals surface area (Å²) in [7, 11) is 4.08. The van der Waals surface area contributed by atoms with Gasteiger partial charge in [0.25, 0.3) is 0 Å². The third-order valence-corrected chi connectivity index (χ3v) is 4.65. The Labute approximate surface area is 156 Å². The van der Waals surface area contributed by atoms with Crippen molar-refractivity contribution in [2.24, 2.45) is 4.99 Å². The van der Waals surface area contributed by atoms with Crippen molar-refractivity contribution in [3.05, 3.63) is 76.6 Å². The minimum atomic E-state index is 0.965. The first-order valence-electron chi connectivity index (χ1n) is 8.94. The molecule has 0 unspecified atom stereocenters. The highest BCUT2D eigenvalue weighted by molar-refractivity contribution is 5.84. The van der Waals surface area contributed by atoms with Crippen molar-refractivity contribution in [3.63, 3.8) is 0 Å². The van der Waals surface area contributed by atoms with E-state index in [9.17, 15) is 0 Å². The SMILES string of the molecule is Cc1cc(C)cc(-n2c(C)cc(C=Nc3ccc(N(C)C)cc3)c2C)c1. The number of anilines is 1. The van der Waals surface area contributed by atoms with Crippen LogP contribution in [0.3, 0.4) is 0 Å². The van der Waals surface area contributed by atoms with Crippen LogP contribution in [0.5, 0.6) is 0 Å². The van der Waals surface area contributed by atoms with Crippen LogP contribution >= 0.6 is 0 Å². The van der Waals surface area contributed by atoms with Crippen LogP contribution in [-0.2, 0) is 0 Å². The second-order valence-electron chi connectivity index (χ2n) is 7.18. The van der Waals surface area contributed by atoms with Crippen LogP contribution < -0.4 is 4.90 Å². The van der Waals surface area contributed by atoms with Crippen LogP contribution in [0, 0.1) is 27.7 Å². The molecule has 26 heavy (non-hydrogen) atoms. The lowest BCUT2D eigenvalue weighted by Gasteiger charge is -2.12. The predicted molar refractivity (Wildman–Crippen MR) is 113 cm³/mol. The number of aryl methyl sites for hydroxylation is 3. The largest absolute Gasteiger partial charge is 0.378 e. The molecule has 0 saturated carbocycles. The maximum atomic E-state index is 4.66. The summed E-state index contributed by atoms with van der Waals surface area (Å²) in [5.41, 5.74) is 9.50. The minimum Gasteiger partial charge on any atom is -0.378 e. The van der Waals surface area contributed by atoms with Gasteiger partial charge in [-0.3, -0.25) is 4.99 Å². The lowest BCUT2D eigenvalue weighted by Crippen LogP contribution is -2.07. The lowest BCUT2D eigenvalue weighted by molar-refractivity contribution is 0.960. The van der Waals surface area contributed by atoms with Crippen molar-refractivity contribution in [1.82, 2.24) is 4.57 Å². The van der Waals surface area contributed by atoms with Gasteiger partial charge in [-0.05, 0) is 81.3 Å². The molecule has 0 fully saturated rings. The Morgan fingerprint density at radius 2 is 1.46 bits per heavy atom. The van der Waals surface area contributed by atoms with Crippen molar-refractivity contribution in [2.75, 3.05) is 19.0 Å². The van der Waals surface area contributed by atoms with Gasteiger partial charge >= 0.3 is 0 Å². The minimum absolute atomic E-state index is 0.965. The number of hydrogen-bond donors (Lipinski definition) is 0. The van der Waals surface area contributed by atoms with E-state index in [1.807, 2.05) is 20.3 Å². The summed E-state index contributed by atoms with van der Waals surface area (Å²) >= 11 is 0. The van der Waals surface area contributed by atoms with E-state index in [0.29, 0.717) is 0 Å². The van der Waals surface area contributed by atoms with Crippen molar-refractivity contribution >= 4 is 17.6 Å². The van der Waals surface area contributed by atoms with Crippen LogP contribution in [0.4, 0.5) is 11.4 Å². The van der Waals surface area contributed by atoms with Gasteiger partial charge in [-0.15, -0.1) is 0 Å². The summed E-state index contributed by atoms with van der Waals surface area (Å²) in [5.74, 6) is 0. The Balaban J connectivity index is 1.92. The summed E-state index contributed by atoms with van der Waals surface area (Å²) < 4.78 is 2.30. The van der Waals surface area contributed by atoms with Crippen LogP contribution in [0.15, 0.2) is 53.5 Å². The second kappa shape index (κ2) is 7.20. The molecule has 0 bridgehead atoms. The van der Waals surface area contributed by atoms with E-state index >= 15 is 0 Å². The topological polar surface area (TPSA) is 20.5 Å². The number of benzene rings is 2. The van der Waals surface area contributed by atoms with E-state index in [0.717, 1.165) is 11.3 Å². The molecule has 1 heterocycles. The number of aromatic nitrogens is 1. The summed E-state index contributed by atoms with van der Waals surface area (Å²) in [4.78, 5) is 6.75. The maximum absolute atomic E-state index is 4.66. The van der Waals surface area contributed by atoms with Crippen LogP contribution in [0.25, 0.3) is 5.69 Å². The van der Waals surface area contributed by atoms with Gasteiger partial charge in [0.15, 0.2) is 0 Å². The summed E-state index contributed by atoms with van der Waals surface area (Å²) in [6, 6.07) is 17.1. The zero-order valence-corrected chi connectivity index (χ0v) is 16.5. The monoisotopic (exact) mass is 345 g/mol. The predicted octanol–water partition coefficient (Wildman–Crippen LogP) is 5.53. The molecule has 0 spiro atoms. The fraction of sp³-hybridized carbons (Fsp3) is 0.261. The van der Waals surface area contributed by atoms with Crippen LogP contribution in [0.1, 0.15) is 28.1 Å². The third kappa shape index (κ3) is 3.72. The number of aliphatic imine (C=N–C) groups is 1. The molecular formula is C23H27N3. The molecule has 0 saturated heterocycles. The van der Waals surface area contributed by atoms with Gasteiger partial charge in [0.05, 0.1) is 5.69 Å². The standard InChI is InChI=1S/C23H27N3/c1-16-11-17(2)13-23(12-16)26-18(3)14-20(19(26)4)15-24-21-7-9-22(10-8-21)25(5)6/h7-15H,1-6H3.